The van der Waals surface area contributed by atoms with Gasteiger partial charge in [-0.15, -0.1) is 0 Å². The highest BCUT2D eigenvalue weighted by molar-refractivity contribution is 4.85. The molecule has 0 radical (unpaired) electrons. The van der Waals surface area contributed by atoms with E-state index in [1.165, 1.54) is 6.42 Å². The molecule has 114 valence electrons. The third-order valence-electron chi connectivity index (χ3n) is 3.95. The first-order valence-electron chi connectivity index (χ1n) is 7.67. The summed E-state index contributed by atoms with van der Waals surface area (Å²) in [6.07, 6.45) is 1.19. The molecule has 0 aliphatic carbocycles. The number of hydrogen-bond acceptors (Lipinski definition) is 4. The van der Waals surface area contributed by atoms with Crippen molar-refractivity contribution in [3.05, 3.63) is 0 Å². The zero-order valence-corrected chi connectivity index (χ0v) is 13.5. The van der Waals surface area contributed by atoms with Gasteiger partial charge < -0.3 is 10.1 Å². The Labute approximate surface area is 119 Å². The predicted octanol–water partition coefficient (Wildman–Crippen LogP) is 1.42. The van der Waals surface area contributed by atoms with E-state index in [-0.39, 0.29) is 0 Å². The van der Waals surface area contributed by atoms with Crippen molar-refractivity contribution in [1.82, 2.24) is 15.1 Å². The molecular formula is C15H33N3O. The monoisotopic (exact) mass is 271 g/mol. The Morgan fingerprint density at radius 1 is 1.16 bits per heavy atom. The summed E-state index contributed by atoms with van der Waals surface area (Å²) in [7, 11) is 1.80. The van der Waals surface area contributed by atoms with Crippen LogP contribution in [-0.2, 0) is 4.74 Å². The Hall–Kier alpha value is -0.160. The molecule has 1 N–H and O–H groups in total. The van der Waals surface area contributed by atoms with Gasteiger partial charge in [-0.1, -0.05) is 6.92 Å². The lowest BCUT2D eigenvalue weighted by Gasteiger charge is -2.44. The summed E-state index contributed by atoms with van der Waals surface area (Å²) in [6.45, 7) is 16.7. The lowest BCUT2D eigenvalue weighted by molar-refractivity contribution is 0.0190. The number of nitrogens with zero attached hydrogens (tertiary/aromatic N) is 2. The van der Waals surface area contributed by atoms with E-state index in [2.05, 4.69) is 42.8 Å². The first kappa shape index (κ1) is 16.9. The van der Waals surface area contributed by atoms with Crippen LogP contribution in [0.1, 0.15) is 34.1 Å². The van der Waals surface area contributed by atoms with Crippen LogP contribution in [-0.4, -0.2) is 74.4 Å². The van der Waals surface area contributed by atoms with Gasteiger partial charge in [0.2, 0.25) is 0 Å². The molecule has 4 heteroatoms. The van der Waals surface area contributed by atoms with Crippen LogP contribution >= 0.6 is 0 Å². The van der Waals surface area contributed by atoms with Crippen molar-refractivity contribution in [3.63, 3.8) is 0 Å². The van der Waals surface area contributed by atoms with Crippen molar-refractivity contribution in [1.29, 1.82) is 0 Å². The van der Waals surface area contributed by atoms with Crippen molar-refractivity contribution in [2.75, 3.05) is 53.0 Å². The highest BCUT2D eigenvalue weighted by Gasteiger charge is 2.28. The Morgan fingerprint density at radius 3 is 2.26 bits per heavy atom. The van der Waals surface area contributed by atoms with Crippen LogP contribution in [0.5, 0.6) is 0 Å². The van der Waals surface area contributed by atoms with Gasteiger partial charge in [-0.25, -0.2) is 0 Å². The van der Waals surface area contributed by atoms with Crippen LogP contribution in [0.15, 0.2) is 0 Å². The smallest absolute Gasteiger partial charge is 0.0630 e. The fraction of sp³-hybridized carbons (Fsp3) is 1.00. The average molecular weight is 271 g/mol. The van der Waals surface area contributed by atoms with Crippen LogP contribution < -0.4 is 5.32 Å². The molecule has 1 rings (SSSR count). The van der Waals surface area contributed by atoms with Crippen LogP contribution in [0, 0.1) is 0 Å². The minimum absolute atomic E-state index is 0.295. The maximum Gasteiger partial charge on any atom is 0.0630 e. The molecule has 0 amide bonds. The molecule has 1 fully saturated rings. The molecule has 0 aromatic carbocycles. The minimum Gasteiger partial charge on any atom is -0.383 e. The second-order valence-electron chi connectivity index (χ2n) is 6.51. The zero-order chi connectivity index (χ0) is 14.3. The van der Waals surface area contributed by atoms with Crippen molar-refractivity contribution >= 4 is 0 Å². The Kier molecular flexibility index (Phi) is 7.29. The second-order valence-corrected chi connectivity index (χ2v) is 6.51. The lowest BCUT2D eigenvalue weighted by atomic mass is 10.0. The fourth-order valence-corrected chi connectivity index (χ4v) is 2.69. The topological polar surface area (TPSA) is 27.7 Å². The Balaban J connectivity index is 2.40. The standard InChI is InChI=1S/C15H33N3O/c1-6-7-16-12-14(13-19-5)17-8-10-18(11-9-17)15(2,3)4/h14,16H,6-13H2,1-5H3. The molecule has 1 unspecified atom stereocenters. The van der Waals surface area contributed by atoms with Crippen molar-refractivity contribution < 1.29 is 4.74 Å². The van der Waals surface area contributed by atoms with Gasteiger partial charge in [0.1, 0.15) is 0 Å². The number of ether oxygens (including phenoxy) is 1. The summed E-state index contributed by atoms with van der Waals surface area (Å²) in [4.78, 5) is 5.15. The first-order valence-corrected chi connectivity index (χ1v) is 7.67. The quantitative estimate of drug-likeness (QED) is 0.709. The van der Waals surface area contributed by atoms with Gasteiger partial charge >= 0.3 is 0 Å². The van der Waals surface area contributed by atoms with Crippen LogP contribution in [0.4, 0.5) is 0 Å². The van der Waals surface area contributed by atoms with Crippen molar-refractivity contribution in [2.24, 2.45) is 0 Å². The molecule has 19 heavy (non-hydrogen) atoms. The van der Waals surface area contributed by atoms with Gasteiger partial charge in [0.05, 0.1) is 6.61 Å². The normalized spacial score (nSPS) is 20.7. The summed E-state index contributed by atoms with van der Waals surface area (Å²) >= 11 is 0. The van der Waals surface area contributed by atoms with E-state index in [9.17, 15) is 0 Å². The lowest BCUT2D eigenvalue weighted by Crippen LogP contribution is -2.57. The van der Waals surface area contributed by atoms with Crippen molar-refractivity contribution in [2.45, 2.75) is 45.7 Å². The van der Waals surface area contributed by atoms with E-state index in [0.717, 1.165) is 45.9 Å². The SMILES string of the molecule is CCCNCC(COC)N1CCN(C(C)(C)C)CC1. The first-order chi connectivity index (χ1) is 8.99. The number of piperazine rings is 1. The number of rotatable bonds is 7. The van der Waals surface area contributed by atoms with Gasteiger partial charge in [-0.05, 0) is 33.7 Å². The highest BCUT2D eigenvalue weighted by atomic mass is 16.5. The fourth-order valence-electron chi connectivity index (χ4n) is 2.69. The number of nitrogens with one attached hydrogen (secondary N) is 1. The molecule has 0 aromatic rings. The molecule has 1 atom stereocenters. The predicted molar refractivity (Wildman–Crippen MR) is 81.7 cm³/mol. The Bertz CT molecular complexity index is 232. The van der Waals surface area contributed by atoms with Gasteiger partial charge in [0.25, 0.3) is 0 Å². The summed E-state index contributed by atoms with van der Waals surface area (Å²) in [5.41, 5.74) is 0.295. The molecule has 0 saturated carbocycles. The molecule has 0 aromatic heterocycles. The molecule has 4 nitrogen and oxygen atoms in total. The van der Waals surface area contributed by atoms with Gasteiger partial charge in [0.15, 0.2) is 0 Å². The molecule has 1 aliphatic heterocycles. The van der Waals surface area contributed by atoms with E-state index in [1.807, 2.05) is 0 Å². The van der Waals surface area contributed by atoms with E-state index < -0.39 is 0 Å². The summed E-state index contributed by atoms with van der Waals surface area (Å²) < 4.78 is 5.39. The summed E-state index contributed by atoms with van der Waals surface area (Å²) in [5.74, 6) is 0. The van der Waals surface area contributed by atoms with Gasteiger partial charge in [-0.2, -0.15) is 0 Å². The van der Waals surface area contributed by atoms with Crippen LogP contribution in [0.3, 0.4) is 0 Å². The minimum atomic E-state index is 0.295. The van der Waals surface area contributed by atoms with E-state index in [0.29, 0.717) is 11.6 Å². The maximum atomic E-state index is 5.39. The number of hydrogen-bond donors (Lipinski definition) is 1. The largest absolute Gasteiger partial charge is 0.383 e. The van der Waals surface area contributed by atoms with Crippen LogP contribution in [0.2, 0.25) is 0 Å². The third kappa shape index (κ3) is 5.78. The van der Waals surface area contributed by atoms with Crippen LogP contribution in [0.25, 0.3) is 0 Å². The molecule has 1 saturated heterocycles. The van der Waals surface area contributed by atoms with E-state index in [4.69, 9.17) is 4.74 Å². The van der Waals surface area contributed by atoms with E-state index in [1.54, 1.807) is 7.11 Å². The Morgan fingerprint density at radius 2 is 1.79 bits per heavy atom. The van der Waals surface area contributed by atoms with Gasteiger partial charge in [-0.3, -0.25) is 9.80 Å². The van der Waals surface area contributed by atoms with Gasteiger partial charge in [0, 0.05) is 51.4 Å². The third-order valence-corrected chi connectivity index (χ3v) is 3.95. The molecule has 1 aliphatic rings. The number of methoxy groups -OCH3 is 1. The van der Waals surface area contributed by atoms with E-state index >= 15 is 0 Å². The summed E-state index contributed by atoms with van der Waals surface area (Å²) in [6, 6.07) is 0.513. The molecular weight excluding hydrogens is 238 g/mol. The zero-order valence-electron chi connectivity index (χ0n) is 13.5. The molecule has 0 spiro atoms. The molecule has 1 heterocycles. The molecule has 0 bridgehead atoms. The average Bonchev–Trinajstić information content (AvgIpc) is 2.37. The highest BCUT2D eigenvalue weighted by Crippen LogP contribution is 2.16. The second kappa shape index (κ2) is 8.20. The van der Waals surface area contributed by atoms with Crippen molar-refractivity contribution in [3.8, 4) is 0 Å². The summed E-state index contributed by atoms with van der Waals surface area (Å²) in [5, 5.41) is 3.52. The maximum absolute atomic E-state index is 5.39.